The number of carboxylic acids is 1. The maximum absolute atomic E-state index is 11.4. The van der Waals surface area contributed by atoms with Gasteiger partial charge in [-0.05, 0) is 30.9 Å². The van der Waals surface area contributed by atoms with Crippen molar-refractivity contribution in [1.82, 2.24) is 0 Å². The van der Waals surface area contributed by atoms with Crippen LogP contribution in [0.3, 0.4) is 0 Å². The molecule has 0 radical (unpaired) electrons. The van der Waals surface area contributed by atoms with Crippen molar-refractivity contribution in [3.63, 3.8) is 0 Å². The molecule has 0 bridgehead atoms. The molecule has 1 aromatic rings. The minimum Gasteiger partial charge on any atom is -0.480 e. The second-order valence-corrected chi connectivity index (χ2v) is 5.10. The van der Waals surface area contributed by atoms with E-state index < -0.39 is 12.0 Å². The van der Waals surface area contributed by atoms with E-state index in [1.165, 1.54) is 5.56 Å². The molecule has 0 amide bonds. The van der Waals surface area contributed by atoms with E-state index in [2.05, 4.69) is 23.5 Å². The van der Waals surface area contributed by atoms with E-state index in [1.807, 2.05) is 18.2 Å². The van der Waals surface area contributed by atoms with Crippen LogP contribution in [-0.2, 0) is 4.79 Å². The van der Waals surface area contributed by atoms with E-state index in [1.54, 1.807) is 0 Å². The van der Waals surface area contributed by atoms with Crippen molar-refractivity contribution in [2.24, 2.45) is 5.92 Å². The number of allylic oxidation sites excluding steroid dienone is 2. The van der Waals surface area contributed by atoms with E-state index in [4.69, 9.17) is 0 Å². The molecule has 3 unspecified atom stereocenters. The summed E-state index contributed by atoms with van der Waals surface area (Å²) in [6.45, 7) is 0. The summed E-state index contributed by atoms with van der Waals surface area (Å²) in [7, 11) is 0. The predicted octanol–water partition coefficient (Wildman–Crippen LogP) is 3.01. The fraction of sp³-hybridized carbons (Fsp3) is 0.400. The van der Waals surface area contributed by atoms with Crippen LogP contribution in [0.4, 0.5) is 5.69 Å². The van der Waals surface area contributed by atoms with Gasteiger partial charge in [-0.25, -0.2) is 4.79 Å². The molecular weight excluding hydrogens is 226 g/mol. The number of carbonyl (C=O) groups is 1. The zero-order valence-electron chi connectivity index (χ0n) is 10.2. The van der Waals surface area contributed by atoms with E-state index in [9.17, 15) is 9.90 Å². The number of aliphatic carboxylic acids is 1. The second kappa shape index (κ2) is 4.48. The minimum atomic E-state index is -0.741. The van der Waals surface area contributed by atoms with Gasteiger partial charge in [0.25, 0.3) is 0 Å². The molecule has 3 rings (SSSR count). The highest BCUT2D eigenvalue weighted by atomic mass is 16.4. The first-order valence-corrected chi connectivity index (χ1v) is 6.52. The van der Waals surface area contributed by atoms with Crippen molar-refractivity contribution < 1.29 is 9.90 Å². The van der Waals surface area contributed by atoms with Gasteiger partial charge in [-0.15, -0.1) is 0 Å². The number of anilines is 1. The zero-order valence-corrected chi connectivity index (χ0v) is 10.2. The quantitative estimate of drug-likeness (QED) is 0.745. The fourth-order valence-electron chi connectivity index (χ4n) is 3.18. The molecule has 3 atom stereocenters. The normalized spacial score (nSPS) is 29.7. The molecule has 3 heteroatoms. The van der Waals surface area contributed by atoms with Gasteiger partial charge < -0.3 is 10.4 Å². The van der Waals surface area contributed by atoms with Crippen molar-refractivity contribution >= 4 is 11.7 Å². The van der Waals surface area contributed by atoms with Crippen molar-refractivity contribution in [3.8, 4) is 0 Å². The highest BCUT2D eigenvalue weighted by Gasteiger charge is 2.39. The highest BCUT2D eigenvalue weighted by Crippen LogP contribution is 2.42. The lowest BCUT2D eigenvalue weighted by Gasteiger charge is -2.37. The molecule has 2 aliphatic rings. The summed E-state index contributed by atoms with van der Waals surface area (Å²) in [5.41, 5.74) is 2.20. The SMILES string of the molecule is O=C(O)C1Nc2ccccc2C2C=CCCCC12. The maximum Gasteiger partial charge on any atom is 0.326 e. The molecule has 1 aliphatic carbocycles. The molecule has 1 aliphatic heterocycles. The van der Waals surface area contributed by atoms with Gasteiger partial charge in [-0.3, -0.25) is 0 Å². The van der Waals surface area contributed by atoms with Crippen LogP contribution >= 0.6 is 0 Å². The van der Waals surface area contributed by atoms with E-state index in [0.29, 0.717) is 0 Å². The summed E-state index contributed by atoms with van der Waals surface area (Å²) in [5, 5.41) is 12.6. The van der Waals surface area contributed by atoms with Crippen molar-refractivity contribution in [1.29, 1.82) is 0 Å². The summed E-state index contributed by atoms with van der Waals surface area (Å²) < 4.78 is 0. The number of benzene rings is 1. The number of nitrogens with one attached hydrogen (secondary N) is 1. The van der Waals surface area contributed by atoms with Crippen LogP contribution in [0.2, 0.25) is 0 Å². The van der Waals surface area contributed by atoms with Crippen LogP contribution in [-0.4, -0.2) is 17.1 Å². The Hall–Kier alpha value is -1.77. The first-order chi connectivity index (χ1) is 8.77. The number of rotatable bonds is 1. The van der Waals surface area contributed by atoms with Gasteiger partial charge in [-0.1, -0.05) is 30.4 Å². The summed E-state index contributed by atoms with van der Waals surface area (Å²) in [5.74, 6) is -0.336. The Morgan fingerprint density at radius 2 is 2.17 bits per heavy atom. The average Bonchev–Trinajstić information content (AvgIpc) is 2.63. The molecule has 94 valence electrons. The fourth-order valence-corrected chi connectivity index (χ4v) is 3.18. The Balaban J connectivity index is 2.07. The van der Waals surface area contributed by atoms with Gasteiger partial charge in [0.1, 0.15) is 6.04 Å². The van der Waals surface area contributed by atoms with Crippen LogP contribution in [0.1, 0.15) is 30.7 Å². The smallest absolute Gasteiger partial charge is 0.326 e. The van der Waals surface area contributed by atoms with Gasteiger partial charge >= 0.3 is 5.97 Å². The van der Waals surface area contributed by atoms with E-state index >= 15 is 0 Å². The Bertz CT molecular complexity index is 495. The number of hydrogen-bond donors (Lipinski definition) is 2. The molecule has 18 heavy (non-hydrogen) atoms. The van der Waals surface area contributed by atoms with Crippen LogP contribution in [0.5, 0.6) is 0 Å². The lowest BCUT2D eigenvalue weighted by atomic mass is 9.76. The molecule has 1 aromatic carbocycles. The minimum absolute atomic E-state index is 0.163. The van der Waals surface area contributed by atoms with Crippen LogP contribution in [0.15, 0.2) is 36.4 Å². The van der Waals surface area contributed by atoms with E-state index in [0.717, 1.165) is 24.9 Å². The third kappa shape index (κ3) is 1.80. The summed E-state index contributed by atoms with van der Waals surface area (Å²) in [6.07, 6.45) is 7.50. The first kappa shape index (κ1) is 11.3. The van der Waals surface area contributed by atoms with Crippen LogP contribution in [0.25, 0.3) is 0 Å². The second-order valence-electron chi connectivity index (χ2n) is 5.10. The molecule has 0 saturated carbocycles. The third-order valence-corrected chi connectivity index (χ3v) is 4.04. The number of fused-ring (bicyclic) bond motifs is 3. The Labute approximate surface area is 107 Å². The van der Waals surface area contributed by atoms with Crippen molar-refractivity contribution in [2.45, 2.75) is 31.2 Å². The lowest BCUT2D eigenvalue weighted by molar-refractivity contribution is -0.139. The standard InChI is InChI=1S/C15H17NO2/c17-15(18)14-12-8-3-1-2-6-10(12)11-7-4-5-9-13(11)16-14/h2,4-7,9-10,12,14,16H,1,3,8H2,(H,17,18). The molecule has 0 spiro atoms. The van der Waals surface area contributed by atoms with Gasteiger partial charge in [0.15, 0.2) is 0 Å². The summed E-state index contributed by atoms with van der Waals surface area (Å²) >= 11 is 0. The zero-order chi connectivity index (χ0) is 12.5. The average molecular weight is 243 g/mol. The summed E-state index contributed by atoms with van der Waals surface area (Å²) in [6, 6.07) is 7.59. The maximum atomic E-state index is 11.4. The lowest BCUT2D eigenvalue weighted by Crippen LogP contribution is -2.42. The van der Waals surface area contributed by atoms with Crippen molar-refractivity contribution in [3.05, 3.63) is 42.0 Å². The third-order valence-electron chi connectivity index (χ3n) is 4.04. The number of hydrogen-bond acceptors (Lipinski definition) is 2. The van der Waals surface area contributed by atoms with Gasteiger partial charge in [0.05, 0.1) is 0 Å². The molecule has 1 heterocycles. The molecule has 2 N–H and O–H groups in total. The Morgan fingerprint density at radius 3 is 3.00 bits per heavy atom. The van der Waals surface area contributed by atoms with Crippen molar-refractivity contribution in [2.75, 3.05) is 5.32 Å². The summed E-state index contributed by atoms with van der Waals surface area (Å²) in [4.78, 5) is 11.4. The predicted molar refractivity (Wildman–Crippen MR) is 70.7 cm³/mol. The number of carboxylic acid groups (broad SMARTS) is 1. The van der Waals surface area contributed by atoms with Crippen LogP contribution < -0.4 is 5.32 Å². The number of para-hydroxylation sites is 1. The Kier molecular flexibility index (Phi) is 2.82. The van der Waals surface area contributed by atoms with Gasteiger partial charge in [-0.2, -0.15) is 0 Å². The first-order valence-electron chi connectivity index (χ1n) is 6.52. The van der Waals surface area contributed by atoms with Gasteiger partial charge in [0, 0.05) is 17.5 Å². The molecular formula is C15H17NO2. The Morgan fingerprint density at radius 1 is 1.33 bits per heavy atom. The monoisotopic (exact) mass is 243 g/mol. The molecule has 3 nitrogen and oxygen atoms in total. The molecule has 0 saturated heterocycles. The topological polar surface area (TPSA) is 49.3 Å². The van der Waals surface area contributed by atoms with Crippen LogP contribution in [0, 0.1) is 5.92 Å². The van der Waals surface area contributed by atoms with Gasteiger partial charge in [0.2, 0.25) is 0 Å². The van der Waals surface area contributed by atoms with E-state index in [-0.39, 0.29) is 11.8 Å². The molecule has 0 aromatic heterocycles. The highest BCUT2D eigenvalue weighted by molar-refractivity contribution is 5.80. The largest absolute Gasteiger partial charge is 0.480 e. The molecule has 0 fully saturated rings.